The third kappa shape index (κ3) is 1.20. The van der Waals surface area contributed by atoms with Crippen molar-refractivity contribution in [2.75, 3.05) is 6.54 Å². The van der Waals surface area contributed by atoms with Gasteiger partial charge in [0.1, 0.15) is 0 Å². The standard InChI is InChI=1S/C9H17N/c10-4-3-7-1-2-8-6-9(8)5-7/h7-9H,1-6,10H2. The van der Waals surface area contributed by atoms with Crippen LogP contribution in [0.25, 0.3) is 0 Å². The number of rotatable bonds is 2. The van der Waals surface area contributed by atoms with Gasteiger partial charge in [-0.1, -0.05) is 6.42 Å². The van der Waals surface area contributed by atoms with Gasteiger partial charge in [0.25, 0.3) is 0 Å². The monoisotopic (exact) mass is 139 g/mol. The quantitative estimate of drug-likeness (QED) is 0.620. The molecular weight excluding hydrogens is 122 g/mol. The van der Waals surface area contributed by atoms with E-state index in [0.717, 1.165) is 24.3 Å². The zero-order valence-corrected chi connectivity index (χ0v) is 6.55. The third-order valence-electron chi connectivity index (χ3n) is 3.23. The summed E-state index contributed by atoms with van der Waals surface area (Å²) in [5.74, 6) is 3.27. The van der Waals surface area contributed by atoms with Crippen molar-refractivity contribution in [3.8, 4) is 0 Å². The highest BCUT2D eigenvalue weighted by Gasteiger charge is 2.41. The lowest BCUT2D eigenvalue weighted by Gasteiger charge is -2.19. The van der Waals surface area contributed by atoms with Crippen molar-refractivity contribution in [1.82, 2.24) is 0 Å². The molecule has 0 aromatic rings. The SMILES string of the molecule is NCCC1CCC2CC2C1. The third-order valence-corrected chi connectivity index (χ3v) is 3.23. The second-order valence-electron chi connectivity index (χ2n) is 4.01. The zero-order chi connectivity index (χ0) is 6.97. The summed E-state index contributed by atoms with van der Waals surface area (Å²) in [6, 6.07) is 0. The van der Waals surface area contributed by atoms with Crippen LogP contribution in [-0.4, -0.2) is 6.54 Å². The Hall–Kier alpha value is -0.0400. The lowest BCUT2D eigenvalue weighted by Crippen LogP contribution is -2.13. The smallest absolute Gasteiger partial charge is 0.00746 e. The molecule has 0 aliphatic heterocycles. The fourth-order valence-electron chi connectivity index (χ4n) is 2.45. The van der Waals surface area contributed by atoms with Gasteiger partial charge in [-0.05, 0) is 50.0 Å². The van der Waals surface area contributed by atoms with Gasteiger partial charge in [-0.3, -0.25) is 0 Å². The molecule has 10 heavy (non-hydrogen) atoms. The molecule has 0 saturated heterocycles. The first-order valence-corrected chi connectivity index (χ1v) is 4.60. The molecule has 2 saturated carbocycles. The van der Waals surface area contributed by atoms with Gasteiger partial charge in [-0.25, -0.2) is 0 Å². The second-order valence-corrected chi connectivity index (χ2v) is 4.01. The summed E-state index contributed by atoms with van der Waals surface area (Å²) in [4.78, 5) is 0. The Morgan fingerprint density at radius 2 is 2.00 bits per heavy atom. The van der Waals surface area contributed by atoms with Crippen LogP contribution in [0.15, 0.2) is 0 Å². The van der Waals surface area contributed by atoms with Crippen LogP contribution in [0, 0.1) is 17.8 Å². The molecular formula is C9H17N. The van der Waals surface area contributed by atoms with Crippen LogP contribution in [0.3, 0.4) is 0 Å². The Morgan fingerprint density at radius 3 is 2.70 bits per heavy atom. The number of nitrogens with two attached hydrogens (primary N) is 1. The molecule has 2 N–H and O–H groups in total. The maximum absolute atomic E-state index is 5.52. The van der Waals surface area contributed by atoms with E-state index in [4.69, 9.17) is 5.73 Å². The molecule has 0 amide bonds. The van der Waals surface area contributed by atoms with Crippen molar-refractivity contribution in [2.24, 2.45) is 23.5 Å². The predicted octanol–water partition coefficient (Wildman–Crippen LogP) is 1.77. The van der Waals surface area contributed by atoms with E-state index in [9.17, 15) is 0 Å². The first-order chi connectivity index (χ1) is 4.90. The van der Waals surface area contributed by atoms with E-state index >= 15 is 0 Å². The highest BCUT2D eigenvalue weighted by Crippen LogP contribution is 2.51. The molecule has 2 aliphatic carbocycles. The lowest BCUT2D eigenvalue weighted by molar-refractivity contribution is 0.329. The van der Waals surface area contributed by atoms with Crippen molar-refractivity contribution in [1.29, 1.82) is 0 Å². The van der Waals surface area contributed by atoms with E-state index in [1.165, 1.54) is 25.7 Å². The highest BCUT2D eigenvalue weighted by atomic mass is 14.5. The van der Waals surface area contributed by atoms with Crippen LogP contribution in [0.2, 0.25) is 0 Å². The molecule has 3 unspecified atom stereocenters. The molecule has 3 atom stereocenters. The molecule has 2 fully saturated rings. The maximum atomic E-state index is 5.52. The molecule has 0 aromatic heterocycles. The van der Waals surface area contributed by atoms with Gasteiger partial charge >= 0.3 is 0 Å². The van der Waals surface area contributed by atoms with Crippen LogP contribution in [0.1, 0.15) is 32.1 Å². The van der Waals surface area contributed by atoms with Crippen LogP contribution in [-0.2, 0) is 0 Å². The molecule has 1 heteroatoms. The zero-order valence-electron chi connectivity index (χ0n) is 6.55. The largest absolute Gasteiger partial charge is 0.330 e. The molecule has 0 aromatic carbocycles. The Morgan fingerprint density at radius 1 is 1.10 bits per heavy atom. The average Bonchev–Trinajstić information content (AvgIpc) is 2.66. The summed E-state index contributed by atoms with van der Waals surface area (Å²) in [5.41, 5.74) is 5.52. The Labute approximate surface area is 63.0 Å². The molecule has 1 nitrogen and oxygen atoms in total. The van der Waals surface area contributed by atoms with E-state index in [0.29, 0.717) is 0 Å². The fourth-order valence-corrected chi connectivity index (χ4v) is 2.45. The van der Waals surface area contributed by atoms with E-state index in [2.05, 4.69) is 0 Å². The van der Waals surface area contributed by atoms with Crippen molar-refractivity contribution < 1.29 is 0 Å². The highest BCUT2D eigenvalue weighted by molar-refractivity contribution is 4.92. The van der Waals surface area contributed by atoms with Crippen molar-refractivity contribution in [3.63, 3.8) is 0 Å². The first-order valence-electron chi connectivity index (χ1n) is 4.60. The topological polar surface area (TPSA) is 26.0 Å². The maximum Gasteiger partial charge on any atom is -0.00746 e. The van der Waals surface area contributed by atoms with Crippen LogP contribution >= 0.6 is 0 Å². The molecule has 2 aliphatic rings. The Kier molecular flexibility index (Phi) is 1.69. The summed E-state index contributed by atoms with van der Waals surface area (Å²) in [6.45, 7) is 0.905. The van der Waals surface area contributed by atoms with Gasteiger partial charge in [0, 0.05) is 0 Å². The Bertz CT molecular complexity index is 122. The minimum Gasteiger partial charge on any atom is -0.330 e. The minimum atomic E-state index is 0.905. The number of hydrogen-bond acceptors (Lipinski definition) is 1. The van der Waals surface area contributed by atoms with Gasteiger partial charge in [0.2, 0.25) is 0 Å². The lowest BCUT2D eigenvalue weighted by atomic mass is 9.87. The summed E-state index contributed by atoms with van der Waals surface area (Å²) in [6.07, 6.45) is 7.31. The fraction of sp³-hybridized carbons (Fsp3) is 1.00. The van der Waals surface area contributed by atoms with Crippen LogP contribution in [0.4, 0.5) is 0 Å². The summed E-state index contributed by atoms with van der Waals surface area (Å²) >= 11 is 0. The summed E-state index contributed by atoms with van der Waals surface area (Å²) in [7, 11) is 0. The van der Waals surface area contributed by atoms with Crippen molar-refractivity contribution >= 4 is 0 Å². The first kappa shape index (κ1) is 6.66. The minimum absolute atomic E-state index is 0.905. The van der Waals surface area contributed by atoms with Crippen molar-refractivity contribution in [2.45, 2.75) is 32.1 Å². The molecule has 0 spiro atoms. The van der Waals surface area contributed by atoms with Crippen LogP contribution in [0.5, 0.6) is 0 Å². The van der Waals surface area contributed by atoms with Gasteiger partial charge in [-0.15, -0.1) is 0 Å². The van der Waals surface area contributed by atoms with E-state index < -0.39 is 0 Å². The summed E-state index contributed by atoms with van der Waals surface area (Å²) < 4.78 is 0. The van der Waals surface area contributed by atoms with Gasteiger partial charge in [0.15, 0.2) is 0 Å². The molecule has 2 rings (SSSR count). The van der Waals surface area contributed by atoms with E-state index in [1.54, 1.807) is 6.42 Å². The molecule has 0 radical (unpaired) electrons. The van der Waals surface area contributed by atoms with Gasteiger partial charge in [-0.2, -0.15) is 0 Å². The van der Waals surface area contributed by atoms with E-state index in [-0.39, 0.29) is 0 Å². The molecule has 58 valence electrons. The number of fused-ring (bicyclic) bond motifs is 1. The molecule has 0 heterocycles. The number of hydrogen-bond donors (Lipinski definition) is 1. The summed E-state index contributed by atoms with van der Waals surface area (Å²) in [5, 5.41) is 0. The normalized spacial score (nSPS) is 44.7. The second kappa shape index (κ2) is 2.54. The van der Waals surface area contributed by atoms with Crippen LogP contribution < -0.4 is 5.73 Å². The van der Waals surface area contributed by atoms with Gasteiger partial charge in [0.05, 0.1) is 0 Å². The Balaban J connectivity index is 1.77. The average molecular weight is 139 g/mol. The van der Waals surface area contributed by atoms with Gasteiger partial charge < -0.3 is 5.73 Å². The molecule has 0 bridgehead atoms. The predicted molar refractivity (Wildman–Crippen MR) is 42.6 cm³/mol. The van der Waals surface area contributed by atoms with E-state index in [1.807, 2.05) is 0 Å². The van der Waals surface area contributed by atoms with Crippen molar-refractivity contribution in [3.05, 3.63) is 0 Å².